The molecule has 0 spiro atoms. The molecule has 0 fully saturated rings. The maximum atomic E-state index is 13.5. The van der Waals surface area contributed by atoms with Crippen molar-refractivity contribution >= 4 is 11.3 Å². The predicted octanol–water partition coefficient (Wildman–Crippen LogP) is 5.53. The SMILES string of the molecule is Oc1ccccc1-c1cc(C(F)(F)F)n(-c2nc(-c3ccc(F)cc3)cs2)n1. The molecule has 0 bridgehead atoms. The minimum Gasteiger partial charge on any atom is -0.507 e. The molecular weight excluding hydrogens is 394 g/mol. The molecule has 9 heteroatoms. The van der Waals surface area contributed by atoms with E-state index in [4.69, 9.17) is 0 Å². The average Bonchev–Trinajstić information content (AvgIpc) is 3.29. The summed E-state index contributed by atoms with van der Waals surface area (Å²) in [5.74, 6) is -0.593. The summed E-state index contributed by atoms with van der Waals surface area (Å²) in [4.78, 5) is 4.22. The number of phenolic OH excluding ortho intramolecular Hbond substituents is 1. The van der Waals surface area contributed by atoms with Gasteiger partial charge < -0.3 is 5.11 Å². The summed E-state index contributed by atoms with van der Waals surface area (Å²) in [7, 11) is 0. The smallest absolute Gasteiger partial charge is 0.433 e. The van der Waals surface area contributed by atoms with Crippen LogP contribution in [0.25, 0.3) is 27.6 Å². The number of benzene rings is 2. The maximum absolute atomic E-state index is 13.5. The number of alkyl halides is 3. The third-order valence-electron chi connectivity index (χ3n) is 3.99. The Kier molecular flexibility index (Phi) is 4.38. The third kappa shape index (κ3) is 3.36. The molecule has 0 amide bonds. The van der Waals surface area contributed by atoms with E-state index < -0.39 is 17.7 Å². The van der Waals surface area contributed by atoms with Crippen molar-refractivity contribution in [3.05, 3.63) is 71.5 Å². The number of para-hydroxylation sites is 1. The first-order chi connectivity index (χ1) is 13.3. The van der Waals surface area contributed by atoms with E-state index >= 15 is 0 Å². The Morgan fingerprint density at radius 3 is 2.36 bits per heavy atom. The van der Waals surface area contributed by atoms with Gasteiger partial charge in [-0.05, 0) is 42.5 Å². The molecular formula is C19H11F4N3OS. The van der Waals surface area contributed by atoms with Gasteiger partial charge in [-0.15, -0.1) is 11.3 Å². The predicted molar refractivity (Wildman–Crippen MR) is 96.7 cm³/mol. The van der Waals surface area contributed by atoms with Crippen LogP contribution in [-0.4, -0.2) is 19.9 Å². The summed E-state index contributed by atoms with van der Waals surface area (Å²) in [6.45, 7) is 0. The lowest BCUT2D eigenvalue weighted by Gasteiger charge is -2.07. The molecule has 0 atom stereocenters. The van der Waals surface area contributed by atoms with Crippen LogP contribution in [0.5, 0.6) is 5.75 Å². The van der Waals surface area contributed by atoms with E-state index in [1.807, 2.05) is 0 Å². The fraction of sp³-hybridized carbons (Fsp3) is 0.0526. The Balaban J connectivity index is 1.81. The highest BCUT2D eigenvalue weighted by atomic mass is 32.1. The summed E-state index contributed by atoms with van der Waals surface area (Å²) in [5.41, 5.74) is 0.134. The zero-order valence-corrected chi connectivity index (χ0v) is 14.8. The van der Waals surface area contributed by atoms with Crippen LogP contribution >= 0.6 is 11.3 Å². The second-order valence-corrected chi connectivity index (χ2v) is 6.70. The summed E-state index contributed by atoms with van der Waals surface area (Å²) in [6.07, 6.45) is -4.67. The van der Waals surface area contributed by atoms with Crippen molar-refractivity contribution in [2.45, 2.75) is 6.18 Å². The van der Waals surface area contributed by atoms with Gasteiger partial charge in [-0.1, -0.05) is 12.1 Å². The van der Waals surface area contributed by atoms with Crippen LogP contribution in [0.1, 0.15) is 5.69 Å². The lowest BCUT2D eigenvalue weighted by molar-refractivity contribution is -0.142. The minimum absolute atomic E-state index is 0.00770. The number of aromatic hydroxyl groups is 1. The largest absolute Gasteiger partial charge is 0.507 e. The molecule has 4 nitrogen and oxygen atoms in total. The molecule has 142 valence electrons. The van der Waals surface area contributed by atoms with E-state index in [9.17, 15) is 22.7 Å². The fourth-order valence-electron chi connectivity index (χ4n) is 2.67. The number of thiazole rings is 1. The number of aromatic nitrogens is 3. The van der Waals surface area contributed by atoms with Gasteiger partial charge in [0, 0.05) is 16.5 Å². The second kappa shape index (κ2) is 6.75. The van der Waals surface area contributed by atoms with Gasteiger partial charge in [0.2, 0.25) is 5.13 Å². The van der Waals surface area contributed by atoms with E-state index in [1.165, 1.54) is 36.4 Å². The molecule has 0 aliphatic carbocycles. The summed E-state index contributed by atoms with van der Waals surface area (Å²) in [5, 5.41) is 15.5. The molecule has 28 heavy (non-hydrogen) atoms. The monoisotopic (exact) mass is 405 g/mol. The van der Waals surface area contributed by atoms with Crippen molar-refractivity contribution in [1.29, 1.82) is 0 Å². The molecule has 0 aliphatic heterocycles. The topological polar surface area (TPSA) is 50.9 Å². The van der Waals surface area contributed by atoms with Crippen molar-refractivity contribution in [3.8, 4) is 33.4 Å². The van der Waals surface area contributed by atoms with Gasteiger partial charge in [0.25, 0.3) is 0 Å². The lowest BCUT2D eigenvalue weighted by Crippen LogP contribution is -2.13. The zero-order chi connectivity index (χ0) is 19.9. The number of rotatable bonds is 3. The number of hydrogen-bond donors (Lipinski definition) is 1. The van der Waals surface area contributed by atoms with Crippen LogP contribution in [-0.2, 0) is 6.18 Å². The standard InChI is InChI=1S/C19H11F4N3OS/c20-12-7-5-11(6-8-12)15-10-28-18(24-15)26-17(19(21,22)23)9-14(25-26)13-3-1-2-4-16(13)27/h1-10,27H. The fourth-order valence-corrected chi connectivity index (χ4v) is 3.46. The Bertz CT molecular complexity index is 1130. The van der Waals surface area contributed by atoms with Crippen molar-refractivity contribution in [3.63, 3.8) is 0 Å². The first-order valence-electron chi connectivity index (χ1n) is 8.00. The average molecular weight is 405 g/mol. The van der Waals surface area contributed by atoms with Crippen LogP contribution in [0.4, 0.5) is 17.6 Å². The Morgan fingerprint density at radius 2 is 1.68 bits per heavy atom. The van der Waals surface area contributed by atoms with Gasteiger partial charge in [-0.3, -0.25) is 0 Å². The molecule has 0 radical (unpaired) electrons. The van der Waals surface area contributed by atoms with E-state index in [1.54, 1.807) is 17.5 Å². The Hall–Kier alpha value is -3.20. The van der Waals surface area contributed by atoms with Crippen molar-refractivity contribution in [1.82, 2.24) is 14.8 Å². The minimum atomic E-state index is -4.67. The quantitative estimate of drug-likeness (QED) is 0.456. The van der Waals surface area contributed by atoms with E-state index in [2.05, 4.69) is 10.1 Å². The number of hydrogen-bond acceptors (Lipinski definition) is 4. The molecule has 2 heterocycles. The van der Waals surface area contributed by atoms with Gasteiger partial charge in [0.05, 0.1) is 11.4 Å². The highest BCUT2D eigenvalue weighted by Crippen LogP contribution is 2.37. The van der Waals surface area contributed by atoms with Gasteiger partial charge in [0.1, 0.15) is 11.6 Å². The normalized spacial score (nSPS) is 11.7. The van der Waals surface area contributed by atoms with Crippen LogP contribution in [0.2, 0.25) is 0 Å². The van der Waals surface area contributed by atoms with E-state index in [0.717, 1.165) is 17.4 Å². The number of nitrogens with zero attached hydrogens (tertiary/aromatic N) is 3. The van der Waals surface area contributed by atoms with Crippen LogP contribution < -0.4 is 0 Å². The lowest BCUT2D eigenvalue weighted by atomic mass is 10.1. The molecule has 0 unspecified atom stereocenters. The molecule has 2 aromatic carbocycles. The van der Waals surface area contributed by atoms with Crippen molar-refractivity contribution in [2.24, 2.45) is 0 Å². The van der Waals surface area contributed by atoms with Crippen molar-refractivity contribution in [2.75, 3.05) is 0 Å². The van der Waals surface area contributed by atoms with Gasteiger partial charge in [-0.25, -0.2) is 14.1 Å². The van der Waals surface area contributed by atoms with Crippen LogP contribution in [0.15, 0.2) is 60.0 Å². The molecule has 0 saturated carbocycles. The van der Waals surface area contributed by atoms with Crippen LogP contribution in [0, 0.1) is 5.82 Å². The van der Waals surface area contributed by atoms with E-state index in [-0.39, 0.29) is 22.1 Å². The first kappa shape index (κ1) is 18.2. The van der Waals surface area contributed by atoms with Gasteiger partial charge in [0.15, 0.2) is 5.69 Å². The number of phenols is 1. The Labute approximate surface area is 160 Å². The third-order valence-corrected chi connectivity index (χ3v) is 4.81. The first-order valence-corrected chi connectivity index (χ1v) is 8.88. The molecule has 0 aliphatic rings. The van der Waals surface area contributed by atoms with Crippen molar-refractivity contribution < 1.29 is 22.7 Å². The molecule has 2 aromatic heterocycles. The van der Waals surface area contributed by atoms with Gasteiger partial charge >= 0.3 is 6.18 Å². The zero-order valence-electron chi connectivity index (χ0n) is 14.0. The molecule has 1 N–H and O–H groups in total. The summed E-state index contributed by atoms with van der Waals surface area (Å²) in [6, 6.07) is 12.4. The second-order valence-electron chi connectivity index (χ2n) is 5.86. The molecule has 4 aromatic rings. The van der Waals surface area contributed by atoms with E-state index in [0.29, 0.717) is 15.9 Å². The highest BCUT2D eigenvalue weighted by molar-refractivity contribution is 7.12. The summed E-state index contributed by atoms with van der Waals surface area (Å²) >= 11 is 0.978. The van der Waals surface area contributed by atoms with Gasteiger partial charge in [-0.2, -0.15) is 18.3 Å². The summed E-state index contributed by atoms with van der Waals surface area (Å²) < 4.78 is 54.4. The van der Waals surface area contributed by atoms with Crippen LogP contribution in [0.3, 0.4) is 0 Å². The molecule has 0 saturated heterocycles. The number of halogens is 4. The highest BCUT2D eigenvalue weighted by Gasteiger charge is 2.37. The maximum Gasteiger partial charge on any atom is 0.433 e. The Morgan fingerprint density at radius 1 is 0.964 bits per heavy atom. The molecule has 4 rings (SSSR count).